The Morgan fingerprint density at radius 3 is 2.38 bits per heavy atom. The maximum atomic E-state index is 5.48. The lowest BCUT2D eigenvalue weighted by atomic mass is 9.91. The van der Waals surface area contributed by atoms with Crippen molar-refractivity contribution < 1.29 is 18.9 Å². The average molecular weight is 301 g/mol. The van der Waals surface area contributed by atoms with Crippen molar-refractivity contribution in [2.45, 2.75) is 76.0 Å². The van der Waals surface area contributed by atoms with Crippen LogP contribution in [0.2, 0.25) is 0 Å². The molecular formula is C16H31NO4. The van der Waals surface area contributed by atoms with Gasteiger partial charge in [0.15, 0.2) is 12.1 Å². The normalized spacial score (nSPS) is 28.1. The third-order valence-corrected chi connectivity index (χ3v) is 4.74. The Balaban J connectivity index is 1.67. The average Bonchev–Trinajstić information content (AvgIpc) is 3.01. The largest absolute Gasteiger partial charge is 0.353 e. The smallest absolute Gasteiger partial charge is 0.166 e. The Hall–Kier alpha value is -0.200. The van der Waals surface area contributed by atoms with Crippen LogP contribution in [0.5, 0.6) is 0 Å². The molecule has 0 aromatic carbocycles. The summed E-state index contributed by atoms with van der Waals surface area (Å²) in [5.41, 5.74) is 0. The first kappa shape index (κ1) is 17.2. The summed E-state index contributed by atoms with van der Waals surface area (Å²) in [6.07, 6.45) is 8.03. The number of methoxy groups -OCH3 is 2. The zero-order valence-corrected chi connectivity index (χ0v) is 13.7. The third-order valence-electron chi connectivity index (χ3n) is 4.74. The molecular weight excluding hydrogens is 270 g/mol. The number of nitrogens with one attached hydrogen (secondary N) is 1. The number of hydrogen-bond acceptors (Lipinski definition) is 5. The van der Waals surface area contributed by atoms with Crippen LogP contribution in [-0.4, -0.2) is 51.6 Å². The van der Waals surface area contributed by atoms with Crippen LogP contribution in [0.25, 0.3) is 0 Å². The monoisotopic (exact) mass is 301 g/mol. The van der Waals surface area contributed by atoms with Gasteiger partial charge in [-0.05, 0) is 39.0 Å². The molecule has 2 heterocycles. The summed E-state index contributed by atoms with van der Waals surface area (Å²) in [7, 11) is 3.43. The highest BCUT2D eigenvalue weighted by Gasteiger charge is 2.30. The van der Waals surface area contributed by atoms with Gasteiger partial charge in [-0.25, -0.2) is 0 Å². The van der Waals surface area contributed by atoms with E-state index in [0.29, 0.717) is 12.1 Å². The number of ether oxygens (including phenoxy) is 4. The lowest BCUT2D eigenvalue weighted by molar-refractivity contribution is -0.201. The molecule has 5 nitrogen and oxygen atoms in total. The molecule has 0 radical (unpaired) electrons. The molecule has 0 aliphatic carbocycles. The molecule has 0 bridgehead atoms. The molecule has 2 fully saturated rings. The second-order valence-electron chi connectivity index (χ2n) is 6.34. The molecule has 2 rings (SSSR count). The van der Waals surface area contributed by atoms with Crippen molar-refractivity contribution in [3.63, 3.8) is 0 Å². The highest BCUT2D eigenvalue weighted by atomic mass is 16.7. The Bertz CT molecular complexity index is 290. The first-order valence-corrected chi connectivity index (χ1v) is 8.25. The second-order valence-corrected chi connectivity index (χ2v) is 6.34. The van der Waals surface area contributed by atoms with Crippen LogP contribution in [0.4, 0.5) is 0 Å². The minimum atomic E-state index is -0.481. The molecule has 0 aromatic heterocycles. The van der Waals surface area contributed by atoms with Crippen LogP contribution in [0, 0.1) is 0 Å². The number of piperidine rings is 1. The summed E-state index contributed by atoms with van der Waals surface area (Å²) in [5.74, 6) is -0.481. The quantitative estimate of drug-likeness (QED) is 0.698. The van der Waals surface area contributed by atoms with Crippen molar-refractivity contribution in [3.8, 4) is 0 Å². The topological polar surface area (TPSA) is 49.0 Å². The van der Waals surface area contributed by atoms with E-state index in [2.05, 4.69) is 5.32 Å². The molecule has 5 heteroatoms. The van der Waals surface area contributed by atoms with Crippen molar-refractivity contribution >= 4 is 0 Å². The van der Waals surface area contributed by atoms with E-state index in [0.717, 1.165) is 32.5 Å². The van der Waals surface area contributed by atoms with E-state index in [1.54, 1.807) is 14.2 Å². The van der Waals surface area contributed by atoms with E-state index in [4.69, 9.17) is 18.9 Å². The van der Waals surface area contributed by atoms with Gasteiger partial charge in [0.2, 0.25) is 0 Å². The molecule has 0 unspecified atom stereocenters. The summed E-state index contributed by atoms with van der Waals surface area (Å²) in [6.45, 7) is 3.51. The first-order chi connectivity index (χ1) is 10.1. The van der Waals surface area contributed by atoms with Crippen LogP contribution in [0.3, 0.4) is 0 Å². The van der Waals surface area contributed by atoms with Gasteiger partial charge in [0.05, 0.1) is 13.2 Å². The van der Waals surface area contributed by atoms with Gasteiger partial charge in [0.25, 0.3) is 0 Å². The molecule has 0 aromatic rings. The highest BCUT2D eigenvalue weighted by molar-refractivity contribution is 4.84. The van der Waals surface area contributed by atoms with E-state index < -0.39 is 5.79 Å². The Kier molecular flexibility index (Phi) is 6.89. The summed E-state index contributed by atoms with van der Waals surface area (Å²) < 4.78 is 21.9. The minimum absolute atomic E-state index is 0.0367. The predicted molar refractivity (Wildman–Crippen MR) is 81.1 cm³/mol. The van der Waals surface area contributed by atoms with Gasteiger partial charge < -0.3 is 24.3 Å². The van der Waals surface area contributed by atoms with Crippen molar-refractivity contribution in [2.75, 3.05) is 27.4 Å². The van der Waals surface area contributed by atoms with Crippen LogP contribution in [0.1, 0.15) is 51.9 Å². The molecule has 0 amide bonds. The standard InChI is InChI=1S/C16H31NO4/c1-16(18-2,19-3)12-14-8-4-6-13(17-14)7-5-9-15-20-10-11-21-15/h13-15,17H,4-12H2,1-3H3/t13-,14-/m0/s1. The van der Waals surface area contributed by atoms with Crippen molar-refractivity contribution in [1.29, 1.82) is 0 Å². The van der Waals surface area contributed by atoms with E-state index in [1.807, 2.05) is 6.92 Å². The van der Waals surface area contributed by atoms with Gasteiger partial charge >= 0.3 is 0 Å². The summed E-state index contributed by atoms with van der Waals surface area (Å²) in [5, 5.41) is 3.76. The van der Waals surface area contributed by atoms with Crippen molar-refractivity contribution in [1.82, 2.24) is 5.32 Å². The molecule has 1 N–H and O–H groups in total. The highest BCUT2D eigenvalue weighted by Crippen LogP contribution is 2.25. The van der Waals surface area contributed by atoms with E-state index in [-0.39, 0.29) is 6.29 Å². The minimum Gasteiger partial charge on any atom is -0.353 e. The molecule has 21 heavy (non-hydrogen) atoms. The fourth-order valence-corrected chi connectivity index (χ4v) is 3.30. The lowest BCUT2D eigenvalue weighted by Gasteiger charge is -2.36. The third kappa shape index (κ3) is 5.49. The summed E-state index contributed by atoms with van der Waals surface area (Å²) >= 11 is 0. The van der Waals surface area contributed by atoms with E-state index in [9.17, 15) is 0 Å². The predicted octanol–water partition coefficient (Wildman–Crippen LogP) is 2.44. The zero-order chi connectivity index (χ0) is 15.1. The summed E-state index contributed by atoms with van der Waals surface area (Å²) in [4.78, 5) is 0. The van der Waals surface area contributed by atoms with Gasteiger partial charge in [-0.3, -0.25) is 0 Å². The van der Waals surface area contributed by atoms with Gasteiger partial charge in [-0.2, -0.15) is 0 Å². The maximum absolute atomic E-state index is 5.48. The Morgan fingerprint density at radius 1 is 1.05 bits per heavy atom. The molecule has 2 aliphatic rings. The maximum Gasteiger partial charge on any atom is 0.166 e. The fourth-order valence-electron chi connectivity index (χ4n) is 3.30. The van der Waals surface area contributed by atoms with E-state index >= 15 is 0 Å². The summed E-state index contributed by atoms with van der Waals surface area (Å²) in [6, 6.07) is 1.08. The van der Waals surface area contributed by atoms with Gasteiger partial charge in [0, 0.05) is 32.7 Å². The van der Waals surface area contributed by atoms with Crippen LogP contribution >= 0.6 is 0 Å². The molecule has 2 atom stereocenters. The molecule has 0 spiro atoms. The lowest BCUT2D eigenvalue weighted by Crippen LogP contribution is -2.47. The molecule has 2 aliphatic heterocycles. The molecule has 0 saturated carbocycles. The molecule has 2 saturated heterocycles. The van der Waals surface area contributed by atoms with Gasteiger partial charge in [-0.1, -0.05) is 6.42 Å². The molecule has 124 valence electrons. The number of rotatable bonds is 8. The van der Waals surface area contributed by atoms with Crippen molar-refractivity contribution in [3.05, 3.63) is 0 Å². The van der Waals surface area contributed by atoms with Gasteiger partial charge in [-0.15, -0.1) is 0 Å². The van der Waals surface area contributed by atoms with Crippen LogP contribution in [0.15, 0.2) is 0 Å². The Labute approximate surface area is 128 Å². The SMILES string of the molecule is COC(C)(C[C@@H]1CCC[C@@H](CCCC2OCCO2)N1)OC. The zero-order valence-electron chi connectivity index (χ0n) is 13.7. The van der Waals surface area contributed by atoms with Crippen LogP contribution < -0.4 is 5.32 Å². The first-order valence-electron chi connectivity index (χ1n) is 8.25. The van der Waals surface area contributed by atoms with Crippen molar-refractivity contribution in [2.24, 2.45) is 0 Å². The fraction of sp³-hybridized carbons (Fsp3) is 1.00. The Morgan fingerprint density at radius 2 is 1.71 bits per heavy atom. The number of hydrogen-bond donors (Lipinski definition) is 1. The van der Waals surface area contributed by atoms with E-state index in [1.165, 1.54) is 25.7 Å². The van der Waals surface area contributed by atoms with Gasteiger partial charge in [0.1, 0.15) is 0 Å². The second kappa shape index (κ2) is 8.44. The van der Waals surface area contributed by atoms with Crippen LogP contribution in [-0.2, 0) is 18.9 Å².